The first kappa shape index (κ1) is 23.2. The van der Waals surface area contributed by atoms with Crippen LogP contribution in [-0.4, -0.2) is 25.0 Å². The van der Waals surface area contributed by atoms with E-state index in [0.29, 0.717) is 23.8 Å². The minimum atomic E-state index is -0.430. The number of carbonyl (C=O) groups excluding carboxylic acids is 1. The highest BCUT2D eigenvalue weighted by molar-refractivity contribution is 9.10. The van der Waals surface area contributed by atoms with Gasteiger partial charge in [0.1, 0.15) is 0 Å². The van der Waals surface area contributed by atoms with E-state index in [1.807, 2.05) is 45.0 Å². The Balaban J connectivity index is 2.07. The molecule has 1 atom stereocenters. The average molecular weight is 527 g/mol. The van der Waals surface area contributed by atoms with Gasteiger partial charge >= 0.3 is 6.03 Å². The molecule has 0 unspecified atom stereocenters. The Hall–Kier alpha value is -2.06. The van der Waals surface area contributed by atoms with Gasteiger partial charge < -0.3 is 14.8 Å². The van der Waals surface area contributed by atoms with Gasteiger partial charge in [-0.2, -0.15) is 5.10 Å². The van der Waals surface area contributed by atoms with E-state index in [0.717, 1.165) is 26.5 Å². The van der Waals surface area contributed by atoms with Crippen molar-refractivity contribution >= 4 is 49.8 Å². The van der Waals surface area contributed by atoms with Crippen LogP contribution in [0.3, 0.4) is 0 Å². The van der Waals surface area contributed by atoms with Gasteiger partial charge in [0.25, 0.3) is 0 Å². The second-order valence-corrected chi connectivity index (χ2v) is 8.09. The number of anilines is 1. The summed E-state index contributed by atoms with van der Waals surface area (Å²) < 4.78 is 13.4. The van der Waals surface area contributed by atoms with Crippen LogP contribution in [0.4, 0.5) is 10.5 Å². The maximum absolute atomic E-state index is 12.1. The van der Waals surface area contributed by atoms with Crippen LogP contribution in [0.1, 0.15) is 38.3 Å². The van der Waals surface area contributed by atoms with E-state index >= 15 is 0 Å². The predicted molar refractivity (Wildman–Crippen MR) is 124 cm³/mol. The van der Waals surface area contributed by atoms with Gasteiger partial charge in [0.05, 0.1) is 18.9 Å². The molecule has 2 N–H and O–H groups in total. The molecule has 0 radical (unpaired) electrons. The SMILES string of the molecule is CCOc1cc(/C=N/NC(=O)Nc2ccc(Br)c(C)c2)c(Br)cc1O[C@@H](C)CC. The fourth-order valence-corrected chi connectivity index (χ4v) is 3.02. The number of amides is 2. The number of aryl methyl sites for hydroxylation is 1. The molecule has 0 aromatic heterocycles. The first-order valence-corrected chi connectivity index (χ1v) is 10.9. The molecule has 0 heterocycles. The van der Waals surface area contributed by atoms with E-state index in [-0.39, 0.29) is 6.10 Å². The Kier molecular flexibility index (Phi) is 8.98. The molecule has 0 aliphatic rings. The zero-order chi connectivity index (χ0) is 21.4. The minimum absolute atomic E-state index is 0.0771. The van der Waals surface area contributed by atoms with E-state index < -0.39 is 6.03 Å². The lowest BCUT2D eigenvalue weighted by Gasteiger charge is -2.17. The first-order chi connectivity index (χ1) is 13.8. The Bertz CT molecular complexity index is 888. The Labute approximate surface area is 188 Å². The van der Waals surface area contributed by atoms with Gasteiger partial charge in [-0.3, -0.25) is 0 Å². The van der Waals surface area contributed by atoms with Crippen molar-refractivity contribution in [3.8, 4) is 11.5 Å². The monoisotopic (exact) mass is 525 g/mol. The fraction of sp³-hybridized carbons (Fsp3) is 0.333. The lowest BCUT2D eigenvalue weighted by Crippen LogP contribution is -2.24. The summed E-state index contributed by atoms with van der Waals surface area (Å²) in [4.78, 5) is 12.1. The standard InChI is InChI=1S/C21H25Br2N3O3/c1-5-14(4)29-20-11-18(23)15(10-19(20)28-6-2)12-24-26-21(27)25-16-7-8-17(22)13(3)9-16/h7-12,14H,5-6H2,1-4H3,(H2,25,26,27)/b24-12+/t14-/m0/s1. The third kappa shape index (κ3) is 7.04. The maximum Gasteiger partial charge on any atom is 0.339 e. The molecule has 2 rings (SSSR count). The van der Waals surface area contributed by atoms with Crippen LogP contribution in [0.15, 0.2) is 44.4 Å². The third-order valence-corrected chi connectivity index (χ3v) is 5.63. The highest BCUT2D eigenvalue weighted by Gasteiger charge is 2.12. The van der Waals surface area contributed by atoms with Crippen molar-refractivity contribution in [1.29, 1.82) is 0 Å². The summed E-state index contributed by atoms with van der Waals surface area (Å²) >= 11 is 6.95. The van der Waals surface area contributed by atoms with Crippen molar-refractivity contribution in [2.24, 2.45) is 5.10 Å². The third-order valence-electron chi connectivity index (χ3n) is 4.05. The van der Waals surface area contributed by atoms with Gasteiger partial charge in [0.2, 0.25) is 0 Å². The van der Waals surface area contributed by atoms with Crippen molar-refractivity contribution < 1.29 is 14.3 Å². The van der Waals surface area contributed by atoms with Crippen LogP contribution in [0, 0.1) is 6.92 Å². The normalized spacial score (nSPS) is 11.9. The van der Waals surface area contributed by atoms with Crippen LogP contribution in [0.5, 0.6) is 11.5 Å². The molecule has 0 spiro atoms. The van der Waals surface area contributed by atoms with Crippen LogP contribution >= 0.6 is 31.9 Å². The Morgan fingerprint density at radius 3 is 2.59 bits per heavy atom. The molecular formula is C21H25Br2N3O3. The van der Waals surface area contributed by atoms with Crippen molar-refractivity contribution in [1.82, 2.24) is 5.43 Å². The van der Waals surface area contributed by atoms with Crippen molar-refractivity contribution in [3.63, 3.8) is 0 Å². The second kappa shape index (κ2) is 11.2. The van der Waals surface area contributed by atoms with Gasteiger partial charge in [-0.05, 0) is 79.0 Å². The number of nitrogens with zero attached hydrogens (tertiary/aromatic N) is 1. The fourth-order valence-electron chi connectivity index (χ4n) is 2.35. The molecular weight excluding hydrogens is 502 g/mol. The molecule has 0 saturated heterocycles. The predicted octanol–water partition coefficient (Wildman–Crippen LogP) is 6.25. The number of hydrazone groups is 1. The Morgan fingerprint density at radius 2 is 1.93 bits per heavy atom. The summed E-state index contributed by atoms with van der Waals surface area (Å²) in [6, 6.07) is 8.80. The molecule has 6 nitrogen and oxygen atoms in total. The van der Waals surface area contributed by atoms with E-state index in [4.69, 9.17) is 9.47 Å². The number of hydrogen-bond donors (Lipinski definition) is 2. The summed E-state index contributed by atoms with van der Waals surface area (Å²) in [5.41, 5.74) is 4.93. The summed E-state index contributed by atoms with van der Waals surface area (Å²) in [5.74, 6) is 1.30. The number of halogens is 2. The summed E-state index contributed by atoms with van der Waals surface area (Å²) in [6.45, 7) is 8.45. The molecule has 0 aliphatic heterocycles. The molecule has 2 aromatic carbocycles. The maximum atomic E-state index is 12.1. The molecule has 29 heavy (non-hydrogen) atoms. The molecule has 156 valence electrons. The largest absolute Gasteiger partial charge is 0.490 e. The first-order valence-electron chi connectivity index (χ1n) is 9.33. The highest BCUT2D eigenvalue weighted by atomic mass is 79.9. The summed E-state index contributed by atoms with van der Waals surface area (Å²) in [6.07, 6.45) is 2.52. The van der Waals surface area contributed by atoms with Crippen LogP contribution in [0.2, 0.25) is 0 Å². The second-order valence-electron chi connectivity index (χ2n) is 6.38. The highest BCUT2D eigenvalue weighted by Crippen LogP contribution is 2.34. The average Bonchev–Trinajstić information content (AvgIpc) is 2.68. The van der Waals surface area contributed by atoms with Crippen LogP contribution in [-0.2, 0) is 0 Å². The number of carbonyl (C=O) groups is 1. The number of ether oxygens (including phenoxy) is 2. The van der Waals surface area contributed by atoms with Gasteiger partial charge in [-0.25, -0.2) is 10.2 Å². The smallest absolute Gasteiger partial charge is 0.339 e. The number of nitrogens with one attached hydrogen (secondary N) is 2. The van der Waals surface area contributed by atoms with E-state index in [1.165, 1.54) is 0 Å². The minimum Gasteiger partial charge on any atom is -0.490 e. The molecule has 2 amide bonds. The van der Waals surface area contributed by atoms with Gasteiger partial charge in [0, 0.05) is 20.2 Å². The zero-order valence-corrected chi connectivity index (χ0v) is 20.1. The van der Waals surface area contributed by atoms with Crippen molar-refractivity contribution in [2.75, 3.05) is 11.9 Å². The van der Waals surface area contributed by atoms with Crippen LogP contribution in [0.25, 0.3) is 0 Å². The van der Waals surface area contributed by atoms with Crippen molar-refractivity contribution in [3.05, 3.63) is 50.4 Å². The molecule has 8 heteroatoms. The summed E-state index contributed by atoms with van der Waals surface area (Å²) in [5, 5.41) is 6.76. The molecule has 0 bridgehead atoms. The number of urea groups is 1. The summed E-state index contributed by atoms with van der Waals surface area (Å²) in [7, 11) is 0. The van der Waals surface area contributed by atoms with Gasteiger partial charge in [0.15, 0.2) is 11.5 Å². The van der Waals surface area contributed by atoms with E-state index in [2.05, 4.69) is 54.6 Å². The molecule has 0 saturated carbocycles. The number of benzene rings is 2. The molecule has 2 aromatic rings. The zero-order valence-electron chi connectivity index (χ0n) is 16.9. The lowest BCUT2D eigenvalue weighted by molar-refractivity contribution is 0.203. The van der Waals surface area contributed by atoms with E-state index in [9.17, 15) is 4.79 Å². The topological polar surface area (TPSA) is 72.0 Å². The van der Waals surface area contributed by atoms with Crippen molar-refractivity contribution in [2.45, 2.75) is 40.2 Å². The molecule has 0 aliphatic carbocycles. The lowest BCUT2D eigenvalue weighted by atomic mass is 10.2. The Morgan fingerprint density at radius 1 is 1.17 bits per heavy atom. The molecule has 0 fully saturated rings. The van der Waals surface area contributed by atoms with E-state index in [1.54, 1.807) is 12.3 Å². The van der Waals surface area contributed by atoms with Gasteiger partial charge in [-0.15, -0.1) is 0 Å². The van der Waals surface area contributed by atoms with Gasteiger partial charge in [-0.1, -0.05) is 22.9 Å². The quantitative estimate of drug-likeness (QED) is 0.315. The number of rotatable bonds is 8. The number of hydrogen-bond acceptors (Lipinski definition) is 4. The van der Waals surface area contributed by atoms with Crippen LogP contribution < -0.4 is 20.2 Å².